The Bertz CT molecular complexity index is 601. The maximum absolute atomic E-state index is 12.1. The van der Waals surface area contributed by atoms with Crippen molar-refractivity contribution in [2.45, 2.75) is 6.42 Å². The molecule has 1 aromatic carbocycles. The molecule has 2 rings (SSSR count). The molecule has 0 saturated carbocycles. The number of rotatable bonds is 3. The summed E-state index contributed by atoms with van der Waals surface area (Å²) >= 11 is 6.12. The van der Waals surface area contributed by atoms with Gasteiger partial charge in [-0.15, -0.1) is 0 Å². The van der Waals surface area contributed by atoms with E-state index in [1.165, 1.54) is 25.2 Å². The number of halogens is 1. The predicted molar refractivity (Wildman–Crippen MR) is 75.3 cm³/mol. The number of esters is 2. The highest BCUT2D eigenvalue weighted by Crippen LogP contribution is 2.35. The maximum Gasteiger partial charge on any atom is 0.340 e. The Kier molecular flexibility index (Phi) is 4.47. The molecule has 1 aliphatic rings. The highest BCUT2D eigenvalue weighted by atomic mass is 35.5. The summed E-state index contributed by atoms with van der Waals surface area (Å²) in [5.74, 6) is -1.91. The zero-order chi connectivity index (χ0) is 15.6. The molecule has 1 fully saturated rings. The van der Waals surface area contributed by atoms with E-state index >= 15 is 0 Å². The van der Waals surface area contributed by atoms with E-state index in [9.17, 15) is 14.4 Å². The molecule has 1 aliphatic heterocycles. The molecule has 7 heteroatoms. The van der Waals surface area contributed by atoms with E-state index in [1.807, 2.05) is 0 Å². The third kappa shape index (κ3) is 2.85. The summed E-state index contributed by atoms with van der Waals surface area (Å²) in [6.07, 6.45) is 0.0263. The summed E-state index contributed by atoms with van der Waals surface area (Å²) in [5.41, 5.74) is 0.450. The number of carbonyl (C=O) groups is 3. The van der Waals surface area contributed by atoms with Crippen LogP contribution in [0.3, 0.4) is 0 Å². The third-order valence-corrected chi connectivity index (χ3v) is 3.63. The van der Waals surface area contributed by atoms with Gasteiger partial charge in [-0.25, -0.2) is 4.79 Å². The van der Waals surface area contributed by atoms with Crippen molar-refractivity contribution < 1.29 is 23.9 Å². The summed E-state index contributed by atoms with van der Waals surface area (Å²) < 4.78 is 9.35. The van der Waals surface area contributed by atoms with Gasteiger partial charge in [0.1, 0.15) is 0 Å². The first-order chi connectivity index (χ1) is 9.99. The van der Waals surface area contributed by atoms with Crippen LogP contribution in [0.25, 0.3) is 0 Å². The second-order valence-corrected chi connectivity index (χ2v) is 4.96. The molecule has 6 nitrogen and oxygen atoms in total. The minimum Gasteiger partial charge on any atom is -0.469 e. The Labute approximate surface area is 126 Å². The lowest BCUT2D eigenvalue weighted by atomic mass is 10.1. The van der Waals surface area contributed by atoms with E-state index < -0.39 is 17.9 Å². The van der Waals surface area contributed by atoms with Gasteiger partial charge < -0.3 is 14.4 Å². The van der Waals surface area contributed by atoms with Crippen LogP contribution in [0.2, 0.25) is 5.02 Å². The van der Waals surface area contributed by atoms with E-state index in [0.29, 0.717) is 0 Å². The molecule has 1 amide bonds. The minimum absolute atomic E-state index is 0.0263. The normalized spacial score (nSPS) is 17.8. The molecule has 1 saturated heterocycles. The van der Waals surface area contributed by atoms with Gasteiger partial charge in [0.25, 0.3) is 0 Å². The largest absolute Gasteiger partial charge is 0.469 e. The van der Waals surface area contributed by atoms with Crippen LogP contribution in [0.15, 0.2) is 18.2 Å². The molecular formula is C14H14ClNO5. The van der Waals surface area contributed by atoms with Gasteiger partial charge in [-0.3, -0.25) is 9.59 Å². The van der Waals surface area contributed by atoms with Gasteiger partial charge in [0.05, 0.1) is 36.4 Å². The smallest absolute Gasteiger partial charge is 0.340 e. The molecule has 0 bridgehead atoms. The number of ether oxygens (including phenoxy) is 2. The van der Waals surface area contributed by atoms with E-state index in [0.717, 1.165) is 0 Å². The van der Waals surface area contributed by atoms with Crippen molar-refractivity contribution in [1.82, 2.24) is 0 Å². The summed E-state index contributed by atoms with van der Waals surface area (Å²) in [5, 5.41) is 0.247. The molecule has 0 aromatic heterocycles. The molecule has 0 aliphatic carbocycles. The van der Waals surface area contributed by atoms with Crippen molar-refractivity contribution in [2.75, 3.05) is 25.7 Å². The zero-order valence-electron chi connectivity index (χ0n) is 11.6. The molecule has 21 heavy (non-hydrogen) atoms. The number of methoxy groups -OCH3 is 2. The number of carbonyl (C=O) groups excluding carboxylic acids is 3. The van der Waals surface area contributed by atoms with Crippen molar-refractivity contribution in [3.8, 4) is 0 Å². The van der Waals surface area contributed by atoms with E-state index in [4.69, 9.17) is 16.3 Å². The zero-order valence-corrected chi connectivity index (χ0v) is 12.3. The maximum atomic E-state index is 12.1. The highest BCUT2D eigenvalue weighted by Gasteiger charge is 2.38. The second kappa shape index (κ2) is 6.13. The van der Waals surface area contributed by atoms with Gasteiger partial charge in [0.15, 0.2) is 0 Å². The van der Waals surface area contributed by atoms with Crippen LogP contribution in [0.5, 0.6) is 0 Å². The molecule has 0 spiro atoms. The van der Waals surface area contributed by atoms with Gasteiger partial charge in [0, 0.05) is 13.0 Å². The lowest BCUT2D eigenvalue weighted by Crippen LogP contribution is -2.28. The molecule has 0 radical (unpaired) electrons. The molecular weight excluding hydrogens is 298 g/mol. The number of hydrogen-bond donors (Lipinski definition) is 0. The number of anilines is 1. The van der Waals surface area contributed by atoms with Gasteiger partial charge in [-0.05, 0) is 12.1 Å². The second-order valence-electron chi connectivity index (χ2n) is 4.56. The first-order valence-electron chi connectivity index (χ1n) is 6.24. The fraction of sp³-hybridized carbons (Fsp3) is 0.357. The summed E-state index contributed by atoms with van der Waals surface area (Å²) in [7, 11) is 2.51. The van der Waals surface area contributed by atoms with E-state index in [2.05, 4.69) is 4.74 Å². The molecule has 1 heterocycles. The van der Waals surface area contributed by atoms with E-state index in [1.54, 1.807) is 12.1 Å². The molecule has 1 atom stereocenters. The Balaban J connectivity index is 2.40. The van der Waals surface area contributed by atoms with Gasteiger partial charge in [-0.2, -0.15) is 0 Å². The SMILES string of the molecule is COC(=O)c1cccc(Cl)c1N1CC(C(=O)OC)CC1=O. The van der Waals surface area contributed by atoms with Gasteiger partial charge in [0.2, 0.25) is 5.91 Å². The monoisotopic (exact) mass is 311 g/mol. The fourth-order valence-corrected chi connectivity index (χ4v) is 2.59. The van der Waals surface area contributed by atoms with Crippen molar-refractivity contribution >= 4 is 35.1 Å². The lowest BCUT2D eigenvalue weighted by molar-refractivity contribution is -0.145. The van der Waals surface area contributed by atoms with Crippen molar-refractivity contribution in [1.29, 1.82) is 0 Å². The predicted octanol–water partition coefficient (Wildman–Crippen LogP) is 1.65. The van der Waals surface area contributed by atoms with E-state index in [-0.39, 0.29) is 35.1 Å². The van der Waals surface area contributed by atoms with Crippen LogP contribution < -0.4 is 4.90 Å². The van der Waals surface area contributed by atoms with Gasteiger partial charge >= 0.3 is 11.9 Å². The van der Waals surface area contributed by atoms with Crippen LogP contribution in [0.1, 0.15) is 16.8 Å². The highest BCUT2D eigenvalue weighted by molar-refractivity contribution is 6.35. The van der Waals surface area contributed by atoms with Crippen LogP contribution in [0, 0.1) is 5.92 Å². The summed E-state index contributed by atoms with van der Waals surface area (Å²) in [6, 6.07) is 4.68. The Morgan fingerprint density at radius 3 is 2.62 bits per heavy atom. The van der Waals surface area contributed by atoms with Crippen molar-refractivity contribution in [3.63, 3.8) is 0 Å². The summed E-state index contributed by atoms with van der Waals surface area (Å²) in [4.78, 5) is 36.8. The topological polar surface area (TPSA) is 72.9 Å². The van der Waals surface area contributed by atoms with Crippen LogP contribution in [-0.2, 0) is 19.1 Å². The standard InChI is InChI=1S/C14H14ClNO5/c1-20-13(18)8-6-11(17)16(7-8)12-9(14(19)21-2)4-3-5-10(12)15/h3-5,8H,6-7H2,1-2H3. The third-order valence-electron chi connectivity index (χ3n) is 3.32. The molecule has 112 valence electrons. The Morgan fingerprint density at radius 2 is 2.00 bits per heavy atom. The summed E-state index contributed by atoms with van der Waals surface area (Å²) in [6.45, 7) is 0.124. The Hall–Kier alpha value is -2.08. The van der Waals surface area contributed by atoms with Crippen LogP contribution in [-0.4, -0.2) is 38.6 Å². The van der Waals surface area contributed by atoms with Crippen molar-refractivity contribution in [3.05, 3.63) is 28.8 Å². The molecule has 0 N–H and O–H groups in total. The number of para-hydroxylation sites is 1. The molecule has 1 unspecified atom stereocenters. The van der Waals surface area contributed by atoms with Crippen LogP contribution >= 0.6 is 11.6 Å². The number of amides is 1. The Morgan fingerprint density at radius 1 is 1.29 bits per heavy atom. The number of benzene rings is 1. The average Bonchev–Trinajstić information content (AvgIpc) is 2.87. The first-order valence-corrected chi connectivity index (χ1v) is 6.62. The number of nitrogens with zero attached hydrogens (tertiary/aromatic N) is 1. The number of hydrogen-bond acceptors (Lipinski definition) is 5. The first kappa shape index (κ1) is 15.3. The van der Waals surface area contributed by atoms with Crippen molar-refractivity contribution in [2.24, 2.45) is 5.92 Å². The van der Waals surface area contributed by atoms with Gasteiger partial charge in [-0.1, -0.05) is 17.7 Å². The molecule has 1 aromatic rings. The minimum atomic E-state index is -0.596. The quantitative estimate of drug-likeness (QED) is 0.794. The lowest BCUT2D eigenvalue weighted by Gasteiger charge is -2.20. The average molecular weight is 312 g/mol. The fourth-order valence-electron chi connectivity index (χ4n) is 2.31. The van der Waals surface area contributed by atoms with Crippen LogP contribution in [0.4, 0.5) is 5.69 Å².